The molecule has 4 nitrogen and oxygen atoms in total. The summed E-state index contributed by atoms with van der Waals surface area (Å²) in [5.74, 6) is 0. The van der Waals surface area contributed by atoms with Crippen LogP contribution in [0.1, 0.15) is 38.7 Å². The van der Waals surface area contributed by atoms with Crippen LogP contribution in [-0.2, 0) is 11.3 Å². The van der Waals surface area contributed by atoms with Crippen LogP contribution in [0, 0.1) is 5.41 Å². The van der Waals surface area contributed by atoms with Gasteiger partial charge in [-0.05, 0) is 30.2 Å². The van der Waals surface area contributed by atoms with Crippen LogP contribution in [-0.4, -0.2) is 35.3 Å². The fraction of sp³-hybridized carbons (Fsp3) is 0.588. The van der Waals surface area contributed by atoms with Crippen LogP contribution in [0.25, 0.3) is 0 Å². The highest BCUT2D eigenvalue weighted by Crippen LogP contribution is 2.40. The van der Waals surface area contributed by atoms with Crippen molar-refractivity contribution in [3.63, 3.8) is 0 Å². The van der Waals surface area contributed by atoms with Crippen LogP contribution < -0.4 is 0 Å². The van der Waals surface area contributed by atoms with E-state index in [2.05, 4.69) is 13.8 Å². The first kappa shape index (κ1) is 15.8. The molecule has 1 heterocycles. The third-order valence-electron chi connectivity index (χ3n) is 4.77. The van der Waals surface area contributed by atoms with E-state index >= 15 is 0 Å². The highest BCUT2D eigenvalue weighted by atomic mass is 16.6. The molecule has 0 aromatic heterocycles. The number of carbonyl (C=O) groups excluding carboxylic acids is 1. The lowest BCUT2D eigenvalue weighted by molar-refractivity contribution is 0.0776. The summed E-state index contributed by atoms with van der Waals surface area (Å²) in [7, 11) is 0. The molecule has 4 heteroatoms. The maximum absolute atomic E-state index is 12.3. The van der Waals surface area contributed by atoms with E-state index in [1.54, 1.807) is 4.90 Å². The average molecular weight is 291 g/mol. The predicted octanol–water partition coefficient (Wildman–Crippen LogP) is 3.20. The van der Waals surface area contributed by atoms with Gasteiger partial charge in [0.15, 0.2) is 0 Å². The zero-order valence-corrected chi connectivity index (χ0v) is 12.9. The molecule has 0 bridgehead atoms. The van der Waals surface area contributed by atoms with Crippen LogP contribution in [0.4, 0.5) is 4.79 Å². The number of amides is 1. The normalized spacial score (nSPS) is 20.5. The van der Waals surface area contributed by atoms with Gasteiger partial charge in [-0.3, -0.25) is 0 Å². The van der Waals surface area contributed by atoms with E-state index in [-0.39, 0.29) is 30.8 Å². The van der Waals surface area contributed by atoms with Gasteiger partial charge in [0.05, 0.1) is 12.6 Å². The van der Waals surface area contributed by atoms with Gasteiger partial charge in [-0.1, -0.05) is 44.2 Å². The lowest BCUT2D eigenvalue weighted by atomic mass is 9.80. The zero-order valence-electron chi connectivity index (χ0n) is 12.9. The molecule has 2 rings (SSSR count). The number of likely N-dealkylation sites (tertiary alicyclic amines) is 1. The smallest absolute Gasteiger partial charge is 0.410 e. The molecular weight excluding hydrogens is 266 g/mol. The van der Waals surface area contributed by atoms with E-state index in [9.17, 15) is 9.90 Å². The maximum atomic E-state index is 12.3. The summed E-state index contributed by atoms with van der Waals surface area (Å²) in [6.07, 6.45) is 2.57. The molecule has 0 saturated carbocycles. The lowest BCUT2D eigenvalue weighted by Crippen LogP contribution is -2.38. The number of aliphatic hydroxyl groups is 1. The van der Waals surface area contributed by atoms with Crippen LogP contribution in [0.5, 0.6) is 0 Å². The van der Waals surface area contributed by atoms with E-state index in [0.717, 1.165) is 24.8 Å². The van der Waals surface area contributed by atoms with Gasteiger partial charge >= 0.3 is 6.09 Å². The van der Waals surface area contributed by atoms with E-state index in [4.69, 9.17) is 4.74 Å². The molecule has 1 aromatic carbocycles. The Morgan fingerprint density at radius 2 is 2.00 bits per heavy atom. The van der Waals surface area contributed by atoms with Crippen molar-refractivity contribution in [3.8, 4) is 0 Å². The van der Waals surface area contributed by atoms with E-state index < -0.39 is 0 Å². The Hall–Kier alpha value is -1.55. The summed E-state index contributed by atoms with van der Waals surface area (Å²) in [5.41, 5.74) is 1.10. The van der Waals surface area contributed by atoms with Crippen molar-refractivity contribution >= 4 is 6.09 Å². The second kappa shape index (κ2) is 6.94. The van der Waals surface area contributed by atoms with Gasteiger partial charge in [0.1, 0.15) is 6.61 Å². The first-order valence-electron chi connectivity index (χ1n) is 7.72. The number of hydrogen-bond donors (Lipinski definition) is 1. The number of benzene rings is 1. The van der Waals surface area contributed by atoms with Crippen molar-refractivity contribution in [1.29, 1.82) is 0 Å². The van der Waals surface area contributed by atoms with Gasteiger partial charge in [0.25, 0.3) is 0 Å². The monoisotopic (exact) mass is 291 g/mol. The fourth-order valence-corrected chi connectivity index (χ4v) is 3.11. The standard InChI is InChI=1S/C17H25NO3/c1-3-17(4-2)10-15(11-19)18(13-17)16(20)21-12-14-8-6-5-7-9-14/h5-9,15,19H,3-4,10-13H2,1-2H3/t15-/m0/s1. The summed E-state index contributed by atoms with van der Waals surface area (Å²) in [6.45, 7) is 5.26. The Balaban J connectivity index is 1.97. The minimum atomic E-state index is -0.318. The third kappa shape index (κ3) is 3.56. The molecule has 0 spiro atoms. The molecule has 1 aliphatic heterocycles. The van der Waals surface area contributed by atoms with Crippen molar-refractivity contribution < 1.29 is 14.6 Å². The minimum Gasteiger partial charge on any atom is -0.445 e. The van der Waals surface area contributed by atoms with E-state index in [1.807, 2.05) is 30.3 Å². The predicted molar refractivity (Wildman–Crippen MR) is 81.8 cm³/mol. The third-order valence-corrected chi connectivity index (χ3v) is 4.77. The molecule has 1 aromatic rings. The quantitative estimate of drug-likeness (QED) is 0.906. The van der Waals surface area contributed by atoms with Crippen molar-refractivity contribution in [3.05, 3.63) is 35.9 Å². The van der Waals surface area contributed by atoms with Crippen molar-refractivity contribution in [1.82, 2.24) is 4.90 Å². The number of carbonyl (C=O) groups is 1. The summed E-state index contributed by atoms with van der Waals surface area (Å²) >= 11 is 0. The SMILES string of the molecule is CCC1(CC)C[C@@H](CO)N(C(=O)OCc2ccccc2)C1. The molecule has 1 amide bonds. The minimum absolute atomic E-state index is 0.00217. The molecule has 0 aliphatic carbocycles. The molecule has 1 saturated heterocycles. The van der Waals surface area contributed by atoms with Crippen LogP contribution in [0.15, 0.2) is 30.3 Å². The molecule has 21 heavy (non-hydrogen) atoms. The molecule has 1 N–H and O–H groups in total. The highest BCUT2D eigenvalue weighted by molar-refractivity contribution is 5.68. The summed E-state index contributed by atoms with van der Waals surface area (Å²) in [4.78, 5) is 14.0. The van der Waals surface area contributed by atoms with Crippen LogP contribution in [0.2, 0.25) is 0 Å². The highest BCUT2D eigenvalue weighted by Gasteiger charge is 2.43. The molecule has 0 unspecified atom stereocenters. The number of hydrogen-bond acceptors (Lipinski definition) is 3. The second-order valence-electron chi connectivity index (χ2n) is 5.92. The van der Waals surface area contributed by atoms with Gasteiger partial charge in [-0.25, -0.2) is 4.79 Å². The Morgan fingerprint density at radius 3 is 2.57 bits per heavy atom. The number of aliphatic hydroxyl groups excluding tert-OH is 1. The number of nitrogens with zero attached hydrogens (tertiary/aromatic N) is 1. The Kier molecular flexibility index (Phi) is 5.23. The van der Waals surface area contributed by atoms with Gasteiger partial charge in [0, 0.05) is 6.54 Å². The second-order valence-corrected chi connectivity index (χ2v) is 5.92. The van der Waals surface area contributed by atoms with Crippen molar-refractivity contribution in [2.45, 2.75) is 45.8 Å². The Bertz CT molecular complexity index is 456. The molecular formula is C17H25NO3. The summed E-state index contributed by atoms with van der Waals surface area (Å²) in [6, 6.07) is 9.54. The van der Waals surface area contributed by atoms with E-state index in [1.165, 1.54) is 0 Å². The number of ether oxygens (including phenoxy) is 1. The van der Waals surface area contributed by atoms with Gasteiger partial charge in [-0.2, -0.15) is 0 Å². The lowest BCUT2D eigenvalue weighted by Gasteiger charge is -2.26. The van der Waals surface area contributed by atoms with Gasteiger partial charge in [0.2, 0.25) is 0 Å². The summed E-state index contributed by atoms with van der Waals surface area (Å²) < 4.78 is 5.40. The molecule has 1 aliphatic rings. The largest absolute Gasteiger partial charge is 0.445 e. The molecule has 0 radical (unpaired) electrons. The Morgan fingerprint density at radius 1 is 1.33 bits per heavy atom. The van der Waals surface area contributed by atoms with E-state index in [0.29, 0.717) is 6.54 Å². The van der Waals surface area contributed by atoms with Crippen LogP contribution >= 0.6 is 0 Å². The van der Waals surface area contributed by atoms with Crippen molar-refractivity contribution in [2.75, 3.05) is 13.2 Å². The van der Waals surface area contributed by atoms with Crippen LogP contribution in [0.3, 0.4) is 0 Å². The molecule has 116 valence electrons. The molecule has 1 fully saturated rings. The summed E-state index contributed by atoms with van der Waals surface area (Å²) in [5, 5.41) is 9.54. The van der Waals surface area contributed by atoms with Gasteiger partial charge in [-0.15, -0.1) is 0 Å². The topological polar surface area (TPSA) is 49.8 Å². The first-order valence-corrected chi connectivity index (χ1v) is 7.72. The Labute approximate surface area is 126 Å². The maximum Gasteiger partial charge on any atom is 0.410 e. The molecule has 1 atom stereocenters. The van der Waals surface area contributed by atoms with Gasteiger partial charge < -0.3 is 14.7 Å². The zero-order chi connectivity index (χ0) is 15.3. The fourth-order valence-electron chi connectivity index (χ4n) is 3.11. The van der Waals surface area contributed by atoms with Crippen molar-refractivity contribution in [2.24, 2.45) is 5.41 Å². The number of rotatable bonds is 5. The first-order chi connectivity index (χ1) is 10.1. The average Bonchev–Trinajstić information content (AvgIpc) is 2.93.